The zero-order valence-corrected chi connectivity index (χ0v) is 12.8. The minimum absolute atomic E-state index is 0.373. The lowest BCUT2D eigenvalue weighted by Gasteiger charge is -2.35. The number of benzene rings is 1. The van der Waals surface area contributed by atoms with Crippen LogP contribution in [0.4, 0.5) is 0 Å². The van der Waals surface area contributed by atoms with E-state index in [2.05, 4.69) is 0 Å². The molecule has 114 valence electrons. The molecule has 0 unspecified atom stereocenters. The van der Waals surface area contributed by atoms with Crippen molar-refractivity contribution < 1.29 is 19.4 Å². The zero-order valence-electron chi connectivity index (χ0n) is 12.8. The van der Waals surface area contributed by atoms with Crippen LogP contribution in [0.3, 0.4) is 0 Å². The number of carboxylic acid groups (broad SMARTS) is 1. The molecule has 0 saturated carbocycles. The predicted molar refractivity (Wildman–Crippen MR) is 77.4 cm³/mol. The Morgan fingerprint density at radius 2 is 1.76 bits per heavy atom. The third-order valence-corrected chi connectivity index (χ3v) is 2.94. The van der Waals surface area contributed by atoms with Gasteiger partial charge in [0, 0.05) is 18.2 Å². The second kappa shape index (κ2) is 6.92. The average Bonchev–Trinajstić information content (AvgIpc) is 2.41. The summed E-state index contributed by atoms with van der Waals surface area (Å²) in [5, 5.41) is 10.4. The molecule has 1 aromatic carbocycles. The smallest absolute Gasteiger partial charge is 0.247 e. The molecule has 0 aromatic heterocycles. The summed E-state index contributed by atoms with van der Waals surface area (Å²) in [5.41, 5.74) is 0.494. The fourth-order valence-electron chi connectivity index (χ4n) is 1.79. The molecular formula is C16H20NO4-. The molecule has 0 aliphatic heterocycles. The molecule has 0 N–H and O–H groups in total. The molecule has 0 spiro atoms. The summed E-state index contributed by atoms with van der Waals surface area (Å²) in [6.07, 6.45) is 1.76. The van der Waals surface area contributed by atoms with E-state index in [0.717, 1.165) is 23.5 Å². The van der Waals surface area contributed by atoms with Crippen molar-refractivity contribution in [2.75, 3.05) is 7.11 Å². The van der Waals surface area contributed by atoms with Gasteiger partial charge in [-0.25, -0.2) is 0 Å². The molecule has 1 aromatic rings. The number of aliphatic carboxylic acids is 1. The van der Waals surface area contributed by atoms with Crippen molar-refractivity contribution in [2.45, 2.75) is 32.9 Å². The fraction of sp³-hybridized carbons (Fsp3) is 0.375. The summed E-state index contributed by atoms with van der Waals surface area (Å²) in [6, 6.07) is 7.37. The van der Waals surface area contributed by atoms with Crippen molar-refractivity contribution in [3.8, 4) is 5.75 Å². The standard InChI is InChI=1S/C16H21NO4/c1-16(2,3)17(14(18)9-10-15(19)20)11-12-5-7-13(21-4)8-6-12/h5-10H,11H2,1-4H3,(H,19,20)/p-1. The fourth-order valence-corrected chi connectivity index (χ4v) is 1.79. The minimum atomic E-state index is -1.39. The van der Waals surface area contributed by atoms with Gasteiger partial charge in [-0.1, -0.05) is 12.1 Å². The van der Waals surface area contributed by atoms with E-state index < -0.39 is 11.5 Å². The summed E-state index contributed by atoms with van der Waals surface area (Å²) in [5.74, 6) is -1.02. The Morgan fingerprint density at radius 3 is 2.19 bits per heavy atom. The molecule has 0 bridgehead atoms. The Bertz CT molecular complexity index is 526. The molecule has 1 amide bonds. The molecule has 0 fully saturated rings. The quantitative estimate of drug-likeness (QED) is 0.762. The summed E-state index contributed by atoms with van der Waals surface area (Å²) in [4.78, 5) is 24.2. The Kier molecular flexibility index (Phi) is 5.52. The van der Waals surface area contributed by atoms with Crippen LogP contribution in [0, 0.1) is 0 Å². The maximum absolute atomic E-state index is 12.1. The summed E-state index contributed by atoms with van der Waals surface area (Å²) >= 11 is 0. The lowest BCUT2D eigenvalue weighted by atomic mass is 10.0. The van der Waals surface area contributed by atoms with Crippen LogP contribution in [-0.2, 0) is 16.1 Å². The number of hydrogen-bond acceptors (Lipinski definition) is 4. The molecule has 0 aliphatic carbocycles. The molecule has 0 atom stereocenters. The first-order valence-electron chi connectivity index (χ1n) is 6.57. The van der Waals surface area contributed by atoms with Crippen molar-refractivity contribution in [3.05, 3.63) is 42.0 Å². The molecule has 1 rings (SSSR count). The van der Waals surface area contributed by atoms with Crippen molar-refractivity contribution in [1.82, 2.24) is 4.90 Å². The predicted octanol–water partition coefficient (Wildman–Crippen LogP) is 1.13. The summed E-state index contributed by atoms with van der Waals surface area (Å²) < 4.78 is 5.09. The summed E-state index contributed by atoms with van der Waals surface area (Å²) in [6.45, 7) is 6.05. The van der Waals surface area contributed by atoms with Gasteiger partial charge >= 0.3 is 0 Å². The van der Waals surface area contributed by atoms with E-state index in [4.69, 9.17) is 4.74 Å². The highest BCUT2D eigenvalue weighted by atomic mass is 16.5. The topological polar surface area (TPSA) is 69.7 Å². The lowest BCUT2D eigenvalue weighted by molar-refractivity contribution is -0.297. The number of carboxylic acids is 1. The Hall–Kier alpha value is -2.30. The Morgan fingerprint density at radius 1 is 1.19 bits per heavy atom. The van der Waals surface area contributed by atoms with Gasteiger partial charge in [-0.05, 0) is 44.5 Å². The van der Waals surface area contributed by atoms with Crippen LogP contribution < -0.4 is 9.84 Å². The van der Waals surface area contributed by atoms with Gasteiger partial charge in [0.25, 0.3) is 0 Å². The van der Waals surface area contributed by atoms with Gasteiger partial charge in [-0.3, -0.25) is 4.79 Å². The second-order valence-corrected chi connectivity index (χ2v) is 5.60. The van der Waals surface area contributed by atoms with Gasteiger partial charge in [0.1, 0.15) is 5.75 Å². The van der Waals surface area contributed by atoms with E-state index in [0.29, 0.717) is 6.54 Å². The number of methoxy groups -OCH3 is 1. The number of ether oxygens (including phenoxy) is 1. The number of amides is 1. The van der Waals surface area contributed by atoms with E-state index in [1.165, 1.54) is 0 Å². The van der Waals surface area contributed by atoms with Crippen molar-refractivity contribution in [1.29, 1.82) is 0 Å². The molecule has 21 heavy (non-hydrogen) atoms. The first-order valence-corrected chi connectivity index (χ1v) is 6.57. The van der Waals surface area contributed by atoms with E-state index in [1.807, 2.05) is 45.0 Å². The highest BCUT2D eigenvalue weighted by Gasteiger charge is 2.24. The average molecular weight is 290 g/mol. The van der Waals surface area contributed by atoms with Gasteiger partial charge in [0.15, 0.2) is 0 Å². The number of carbonyl (C=O) groups excluding carboxylic acids is 2. The monoisotopic (exact) mass is 290 g/mol. The summed E-state index contributed by atoms with van der Waals surface area (Å²) in [7, 11) is 1.59. The number of carbonyl (C=O) groups is 2. The van der Waals surface area contributed by atoms with Crippen molar-refractivity contribution in [3.63, 3.8) is 0 Å². The normalized spacial score (nSPS) is 11.4. The van der Waals surface area contributed by atoms with E-state index in [-0.39, 0.29) is 5.91 Å². The highest BCUT2D eigenvalue weighted by molar-refractivity contribution is 5.93. The van der Waals surface area contributed by atoms with Crippen LogP contribution in [0.2, 0.25) is 0 Å². The van der Waals surface area contributed by atoms with E-state index in [1.54, 1.807) is 12.0 Å². The van der Waals surface area contributed by atoms with Crippen LogP contribution in [-0.4, -0.2) is 29.4 Å². The van der Waals surface area contributed by atoms with Gasteiger partial charge < -0.3 is 19.5 Å². The van der Waals surface area contributed by atoms with E-state index in [9.17, 15) is 14.7 Å². The first kappa shape index (κ1) is 16.8. The molecule has 0 aliphatic rings. The van der Waals surface area contributed by atoms with Crippen molar-refractivity contribution >= 4 is 11.9 Å². The van der Waals surface area contributed by atoms with E-state index >= 15 is 0 Å². The maximum Gasteiger partial charge on any atom is 0.247 e. The molecule has 5 heteroatoms. The Balaban J connectivity index is 2.93. The Labute approximate surface area is 124 Å². The lowest BCUT2D eigenvalue weighted by Crippen LogP contribution is -2.44. The van der Waals surface area contributed by atoms with Crippen LogP contribution in [0.15, 0.2) is 36.4 Å². The van der Waals surface area contributed by atoms with Gasteiger partial charge in [-0.2, -0.15) is 0 Å². The van der Waals surface area contributed by atoms with Crippen LogP contribution in [0.5, 0.6) is 5.75 Å². The molecule has 0 heterocycles. The first-order chi connectivity index (χ1) is 9.74. The maximum atomic E-state index is 12.1. The molecule has 0 saturated heterocycles. The second-order valence-electron chi connectivity index (χ2n) is 5.60. The SMILES string of the molecule is COc1ccc(CN(C(=O)C=CC(=O)[O-])C(C)(C)C)cc1. The minimum Gasteiger partial charge on any atom is -0.545 e. The third-order valence-electron chi connectivity index (χ3n) is 2.94. The number of nitrogens with zero attached hydrogens (tertiary/aromatic N) is 1. The zero-order chi connectivity index (χ0) is 16.0. The largest absolute Gasteiger partial charge is 0.545 e. The van der Waals surface area contributed by atoms with Crippen LogP contribution >= 0.6 is 0 Å². The van der Waals surface area contributed by atoms with Gasteiger partial charge in [0.2, 0.25) is 5.91 Å². The molecule has 5 nitrogen and oxygen atoms in total. The van der Waals surface area contributed by atoms with Crippen molar-refractivity contribution in [2.24, 2.45) is 0 Å². The molecule has 0 radical (unpaired) electrons. The molecular weight excluding hydrogens is 270 g/mol. The number of rotatable bonds is 5. The van der Waals surface area contributed by atoms with Gasteiger partial charge in [0.05, 0.1) is 13.1 Å². The number of hydrogen-bond donors (Lipinski definition) is 0. The van der Waals surface area contributed by atoms with Crippen LogP contribution in [0.25, 0.3) is 0 Å². The third kappa shape index (κ3) is 5.30. The highest BCUT2D eigenvalue weighted by Crippen LogP contribution is 2.19. The van der Waals surface area contributed by atoms with Gasteiger partial charge in [-0.15, -0.1) is 0 Å². The van der Waals surface area contributed by atoms with Crippen LogP contribution in [0.1, 0.15) is 26.3 Å².